The standard InChI is InChI=1S/C31H26F4N2O8S/c1-44-24-14-23(32)25(45-15-16-5-7-17(8-6-16)30(40)41)13-22(24)28(38)37-27-19-10-9-18(11-19)26(27)29(39)36-20-3-2-4-21(12-20)46(42,43)31(33,34)35/h2-10,12-14,18-19,26-27H,11,15H2,1H3,(H,36,39)(H,37,38)(H,40,41). The number of aromatic carboxylic acids is 1. The maximum absolute atomic E-state index is 14.8. The summed E-state index contributed by atoms with van der Waals surface area (Å²) in [6, 6.07) is 10.9. The first-order valence-corrected chi connectivity index (χ1v) is 15.2. The predicted molar refractivity (Wildman–Crippen MR) is 154 cm³/mol. The average molecular weight is 663 g/mol. The van der Waals surface area contributed by atoms with Gasteiger partial charge in [-0.1, -0.05) is 30.4 Å². The summed E-state index contributed by atoms with van der Waals surface area (Å²) in [6.45, 7) is -0.144. The maximum atomic E-state index is 14.8. The van der Waals surface area contributed by atoms with Crippen LogP contribution in [0.1, 0.15) is 32.7 Å². The van der Waals surface area contributed by atoms with E-state index in [1.165, 1.54) is 37.4 Å². The van der Waals surface area contributed by atoms with Gasteiger partial charge < -0.3 is 25.2 Å². The third-order valence-electron chi connectivity index (χ3n) is 7.87. The minimum absolute atomic E-state index is 0.0590. The minimum Gasteiger partial charge on any atom is -0.496 e. The topological polar surface area (TPSA) is 148 Å². The first-order chi connectivity index (χ1) is 21.7. The molecule has 3 aromatic rings. The number of hydrogen-bond acceptors (Lipinski definition) is 7. The van der Waals surface area contributed by atoms with Crippen LogP contribution in [0.2, 0.25) is 0 Å². The van der Waals surface area contributed by atoms with E-state index in [0.717, 1.165) is 24.3 Å². The van der Waals surface area contributed by atoms with E-state index in [9.17, 15) is 40.4 Å². The molecule has 0 radical (unpaired) electrons. The largest absolute Gasteiger partial charge is 0.501 e. The number of amides is 2. The molecular weight excluding hydrogens is 636 g/mol. The summed E-state index contributed by atoms with van der Waals surface area (Å²) in [5, 5.41) is 14.3. The van der Waals surface area contributed by atoms with Gasteiger partial charge in [-0.2, -0.15) is 13.2 Å². The molecule has 2 bridgehead atoms. The number of anilines is 1. The van der Waals surface area contributed by atoms with Crippen LogP contribution in [0, 0.1) is 23.6 Å². The van der Waals surface area contributed by atoms with E-state index < -0.39 is 55.8 Å². The van der Waals surface area contributed by atoms with Gasteiger partial charge in [0.05, 0.1) is 29.1 Å². The van der Waals surface area contributed by atoms with Crippen LogP contribution < -0.4 is 20.1 Å². The van der Waals surface area contributed by atoms with Crippen molar-refractivity contribution < 1.29 is 54.9 Å². The highest BCUT2D eigenvalue weighted by molar-refractivity contribution is 7.92. The molecule has 46 heavy (non-hydrogen) atoms. The number of nitrogens with one attached hydrogen (secondary N) is 2. The number of methoxy groups -OCH3 is 1. The van der Waals surface area contributed by atoms with Crippen molar-refractivity contribution in [1.29, 1.82) is 0 Å². The second-order valence-corrected chi connectivity index (χ2v) is 12.7. The number of rotatable bonds is 10. The van der Waals surface area contributed by atoms with E-state index >= 15 is 0 Å². The first kappa shape index (κ1) is 32.5. The summed E-state index contributed by atoms with van der Waals surface area (Å²) in [4.78, 5) is 36.9. The lowest BCUT2D eigenvalue weighted by atomic mass is 9.87. The molecule has 1 saturated carbocycles. The van der Waals surface area contributed by atoms with Crippen molar-refractivity contribution in [2.45, 2.75) is 29.5 Å². The van der Waals surface area contributed by atoms with Gasteiger partial charge in [-0.05, 0) is 60.2 Å². The summed E-state index contributed by atoms with van der Waals surface area (Å²) in [5.74, 6) is -5.15. The Morgan fingerprint density at radius 1 is 0.978 bits per heavy atom. The lowest BCUT2D eigenvalue weighted by Crippen LogP contribution is -2.47. The highest BCUT2D eigenvalue weighted by Gasteiger charge is 2.49. The van der Waals surface area contributed by atoms with Crippen LogP contribution in [0.3, 0.4) is 0 Å². The lowest BCUT2D eigenvalue weighted by molar-refractivity contribution is -0.121. The van der Waals surface area contributed by atoms with Gasteiger partial charge in [-0.15, -0.1) is 0 Å². The molecule has 4 atom stereocenters. The van der Waals surface area contributed by atoms with Crippen LogP contribution >= 0.6 is 0 Å². The van der Waals surface area contributed by atoms with E-state index in [0.29, 0.717) is 18.1 Å². The minimum atomic E-state index is -5.65. The lowest BCUT2D eigenvalue weighted by Gasteiger charge is -2.28. The molecule has 1 fully saturated rings. The Morgan fingerprint density at radius 3 is 2.33 bits per heavy atom. The number of halogens is 4. The maximum Gasteiger partial charge on any atom is 0.501 e. The van der Waals surface area contributed by atoms with Crippen LogP contribution in [0.5, 0.6) is 11.5 Å². The summed E-state index contributed by atoms with van der Waals surface area (Å²) >= 11 is 0. The van der Waals surface area contributed by atoms with Crippen molar-refractivity contribution in [3.63, 3.8) is 0 Å². The Balaban J connectivity index is 1.33. The zero-order chi connectivity index (χ0) is 33.4. The molecule has 0 saturated heterocycles. The van der Waals surface area contributed by atoms with Crippen LogP contribution in [0.4, 0.5) is 23.2 Å². The fraction of sp³-hybridized carbons (Fsp3) is 0.258. The molecule has 10 nitrogen and oxygen atoms in total. The molecular formula is C31H26F4N2O8S. The summed E-state index contributed by atoms with van der Waals surface area (Å²) in [5.41, 5.74) is -5.21. The van der Waals surface area contributed by atoms with Crippen LogP contribution in [0.25, 0.3) is 0 Å². The van der Waals surface area contributed by atoms with Crippen LogP contribution in [-0.4, -0.2) is 50.0 Å². The van der Waals surface area contributed by atoms with Gasteiger partial charge in [0.15, 0.2) is 11.6 Å². The van der Waals surface area contributed by atoms with Gasteiger partial charge in [-0.3, -0.25) is 9.59 Å². The van der Waals surface area contributed by atoms with Gasteiger partial charge in [0, 0.05) is 17.8 Å². The molecule has 3 N–H and O–H groups in total. The molecule has 15 heteroatoms. The SMILES string of the molecule is COc1cc(F)c(OCc2ccc(C(=O)O)cc2)cc1C(=O)NC1C2C=CC(C2)C1C(=O)Nc1cccc(S(=O)(=O)C(F)(F)F)c1. The van der Waals surface area contributed by atoms with Crippen molar-refractivity contribution in [3.8, 4) is 11.5 Å². The molecule has 5 rings (SSSR count). The normalized spacial score (nSPS) is 20.3. The van der Waals surface area contributed by atoms with Gasteiger partial charge in [0.25, 0.3) is 15.7 Å². The number of alkyl halides is 3. The monoisotopic (exact) mass is 662 g/mol. The average Bonchev–Trinajstić information content (AvgIpc) is 3.62. The quantitative estimate of drug-likeness (QED) is 0.204. The van der Waals surface area contributed by atoms with Crippen LogP contribution in [-0.2, 0) is 21.2 Å². The number of carbonyl (C=O) groups excluding carboxylic acids is 2. The van der Waals surface area contributed by atoms with Gasteiger partial charge in [0.1, 0.15) is 12.4 Å². The number of fused-ring (bicyclic) bond motifs is 2. The Labute approximate surface area is 259 Å². The fourth-order valence-corrected chi connectivity index (χ4v) is 6.41. The second-order valence-electron chi connectivity index (χ2n) is 10.7. The van der Waals surface area contributed by atoms with E-state index in [1.807, 2.05) is 6.08 Å². The van der Waals surface area contributed by atoms with E-state index in [-0.39, 0.29) is 46.8 Å². The Kier molecular flexibility index (Phi) is 8.80. The van der Waals surface area contributed by atoms with Crippen molar-refractivity contribution in [2.75, 3.05) is 12.4 Å². The van der Waals surface area contributed by atoms with Crippen molar-refractivity contribution in [2.24, 2.45) is 17.8 Å². The molecule has 4 unspecified atom stereocenters. The molecule has 0 heterocycles. The van der Waals surface area contributed by atoms with Crippen molar-refractivity contribution >= 4 is 33.3 Å². The molecule has 0 spiro atoms. The van der Waals surface area contributed by atoms with Crippen molar-refractivity contribution in [3.05, 3.63) is 95.3 Å². The molecule has 0 aromatic heterocycles. The molecule has 3 aromatic carbocycles. The Morgan fingerprint density at radius 2 is 1.67 bits per heavy atom. The third kappa shape index (κ3) is 6.40. The molecule has 2 amide bonds. The number of hydrogen-bond donors (Lipinski definition) is 3. The smallest absolute Gasteiger partial charge is 0.496 e. The van der Waals surface area contributed by atoms with Gasteiger partial charge in [-0.25, -0.2) is 17.6 Å². The van der Waals surface area contributed by atoms with E-state index in [2.05, 4.69) is 10.6 Å². The number of carboxylic acid groups (broad SMARTS) is 1. The highest BCUT2D eigenvalue weighted by Crippen LogP contribution is 2.45. The van der Waals surface area contributed by atoms with Crippen LogP contribution in [0.15, 0.2) is 77.7 Å². The number of ether oxygens (including phenoxy) is 2. The number of allylic oxidation sites excluding steroid dienone is 1. The fourth-order valence-electron chi connectivity index (χ4n) is 5.60. The summed E-state index contributed by atoms with van der Waals surface area (Å²) < 4.78 is 88.5. The second kappa shape index (κ2) is 12.5. The zero-order valence-corrected chi connectivity index (χ0v) is 24.7. The molecule has 2 aliphatic carbocycles. The van der Waals surface area contributed by atoms with E-state index in [1.54, 1.807) is 6.08 Å². The van der Waals surface area contributed by atoms with Gasteiger partial charge >= 0.3 is 11.5 Å². The van der Waals surface area contributed by atoms with E-state index in [4.69, 9.17) is 14.6 Å². The molecule has 2 aliphatic rings. The van der Waals surface area contributed by atoms with Gasteiger partial charge in [0.2, 0.25) is 5.91 Å². The molecule has 0 aliphatic heterocycles. The van der Waals surface area contributed by atoms with Crippen molar-refractivity contribution in [1.82, 2.24) is 5.32 Å². The zero-order valence-electron chi connectivity index (χ0n) is 23.9. The summed E-state index contributed by atoms with van der Waals surface area (Å²) in [7, 11) is -4.41. The first-order valence-electron chi connectivity index (χ1n) is 13.7. The molecule has 242 valence electrons. The predicted octanol–water partition coefficient (Wildman–Crippen LogP) is 4.96. The highest BCUT2D eigenvalue weighted by atomic mass is 32.2. The Hall–Kier alpha value is -4.92. The number of sulfone groups is 1. The number of carbonyl (C=O) groups is 3. The Bertz CT molecular complexity index is 1830. The summed E-state index contributed by atoms with van der Waals surface area (Å²) in [6.07, 6.45) is 4.14. The number of benzene rings is 3. The third-order valence-corrected chi connectivity index (χ3v) is 9.35. The number of carboxylic acids is 1.